The second kappa shape index (κ2) is 7.19. The maximum atomic E-state index is 13.3. The van der Waals surface area contributed by atoms with Crippen molar-refractivity contribution in [3.05, 3.63) is 69.4 Å². The predicted octanol–water partition coefficient (Wildman–Crippen LogP) is 5.06. The summed E-state index contributed by atoms with van der Waals surface area (Å²) >= 11 is 3.39. The number of hydrogen-bond donors (Lipinski definition) is 1. The van der Waals surface area contributed by atoms with Gasteiger partial charge >= 0.3 is 0 Å². The normalized spacial score (nSPS) is 12.7. The van der Waals surface area contributed by atoms with Gasteiger partial charge in [-0.1, -0.05) is 54.0 Å². The molecule has 1 N–H and O–H groups in total. The number of halogens is 2. The van der Waals surface area contributed by atoms with Gasteiger partial charge in [0.05, 0.1) is 6.10 Å². The zero-order chi connectivity index (χ0) is 15.4. The van der Waals surface area contributed by atoms with E-state index >= 15 is 0 Å². The van der Waals surface area contributed by atoms with Gasteiger partial charge in [-0.2, -0.15) is 0 Å². The minimum absolute atomic E-state index is 0.285. The Morgan fingerprint density at radius 1 is 1.05 bits per heavy atom. The van der Waals surface area contributed by atoms with Gasteiger partial charge < -0.3 is 5.11 Å². The highest BCUT2D eigenvalue weighted by molar-refractivity contribution is 9.10. The topological polar surface area (TPSA) is 20.2 Å². The van der Waals surface area contributed by atoms with Crippen LogP contribution < -0.4 is 0 Å². The van der Waals surface area contributed by atoms with Gasteiger partial charge in [0.2, 0.25) is 0 Å². The number of aliphatic hydroxyl groups excluding tert-OH is 1. The first-order valence-corrected chi connectivity index (χ1v) is 7.96. The molecule has 0 saturated heterocycles. The van der Waals surface area contributed by atoms with Crippen molar-refractivity contribution in [1.82, 2.24) is 0 Å². The van der Waals surface area contributed by atoms with E-state index in [9.17, 15) is 9.50 Å². The summed E-state index contributed by atoms with van der Waals surface area (Å²) in [5, 5.41) is 10.3. The number of rotatable bonds is 5. The molecule has 0 aliphatic rings. The molecule has 0 spiro atoms. The maximum Gasteiger partial charge on any atom is 0.123 e. The molecule has 2 rings (SSSR count). The third-order valence-corrected chi connectivity index (χ3v) is 4.20. The molecule has 112 valence electrons. The fraction of sp³-hybridized carbons (Fsp3) is 0.333. The molecule has 0 saturated carbocycles. The molecule has 0 radical (unpaired) electrons. The minimum atomic E-state index is -0.629. The third-order valence-electron chi connectivity index (χ3n) is 3.43. The molecule has 1 unspecified atom stereocenters. The Hall–Kier alpha value is -1.19. The lowest BCUT2D eigenvalue weighted by Crippen LogP contribution is -2.03. The van der Waals surface area contributed by atoms with Gasteiger partial charge in [-0.3, -0.25) is 0 Å². The van der Waals surface area contributed by atoms with Crippen molar-refractivity contribution in [3.8, 4) is 0 Å². The van der Waals surface area contributed by atoms with Crippen molar-refractivity contribution >= 4 is 15.9 Å². The van der Waals surface area contributed by atoms with Gasteiger partial charge in [0.1, 0.15) is 5.82 Å². The highest BCUT2D eigenvalue weighted by Gasteiger charge is 2.12. The summed E-state index contributed by atoms with van der Waals surface area (Å²) in [6.45, 7) is 4.37. The molecule has 0 bridgehead atoms. The number of hydrogen-bond acceptors (Lipinski definition) is 1. The van der Waals surface area contributed by atoms with Gasteiger partial charge in [0.15, 0.2) is 0 Å². The SMILES string of the molecule is CC(C)Cc1ccc(C(O)Cc2cc(F)ccc2Br)cc1. The molecule has 2 aromatic rings. The fourth-order valence-corrected chi connectivity index (χ4v) is 2.78. The molecule has 0 aliphatic heterocycles. The monoisotopic (exact) mass is 350 g/mol. The Balaban J connectivity index is 2.09. The summed E-state index contributed by atoms with van der Waals surface area (Å²) in [4.78, 5) is 0. The zero-order valence-corrected chi connectivity index (χ0v) is 13.9. The lowest BCUT2D eigenvalue weighted by molar-refractivity contribution is 0.178. The smallest absolute Gasteiger partial charge is 0.123 e. The molecule has 0 fully saturated rings. The molecular formula is C18H20BrFO. The van der Waals surface area contributed by atoms with Crippen LogP contribution in [0.4, 0.5) is 4.39 Å². The van der Waals surface area contributed by atoms with Crippen molar-refractivity contribution in [2.45, 2.75) is 32.8 Å². The Labute approximate surface area is 134 Å². The minimum Gasteiger partial charge on any atom is -0.388 e. The van der Waals surface area contributed by atoms with Crippen molar-refractivity contribution in [3.63, 3.8) is 0 Å². The summed E-state index contributed by atoms with van der Waals surface area (Å²) in [5.74, 6) is 0.330. The van der Waals surface area contributed by atoms with Crippen LogP contribution in [0.5, 0.6) is 0 Å². The van der Waals surface area contributed by atoms with Crippen LogP contribution in [0.3, 0.4) is 0 Å². The number of aliphatic hydroxyl groups is 1. The number of benzene rings is 2. The summed E-state index contributed by atoms with van der Waals surface area (Å²) in [5.41, 5.74) is 2.90. The van der Waals surface area contributed by atoms with E-state index in [0.717, 1.165) is 22.0 Å². The largest absolute Gasteiger partial charge is 0.388 e. The third kappa shape index (κ3) is 4.65. The van der Waals surface area contributed by atoms with Crippen LogP contribution in [-0.2, 0) is 12.8 Å². The molecule has 0 amide bonds. The van der Waals surface area contributed by atoms with E-state index in [0.29, 0.717) is 12.3 Å². The van der Waals surface area contributed by atoms with Crippen LogP contribution in [0.2, 0.25) is 0 Å². The van der Waals surface area contributed by atoms with Crippen molar-refractivity contribution in [2.24, 2.45) is 5.92 Å². The van der Waals surface area contributed by atoms with Crippen LogP contribution in [0.25, 0.3) is 0 Å². The van der Waals surface area contributed by atoms with E-state index in [1.165, 1.54) is 17.7 Å². The maximum absolute atomic E-state index is 13.3. The Morgan fingerprint density at radius 3 is 2.33 bits per heavy atom. The lowest BCUT2D eigenvalue weighted by Gasteiger charge is -2.13. The van der Waals surface area contributed by atoms with E-state index in [2.05, 4.69) is 41.9 Å². The zero-order valence-electron chi connectivity index (χ0n) is 12.3. The average molecular weight is 351 g/mol. The van der Waals surface area contributed by atoms with E-state index in [1.807, 2.05) is 12.1 Å². The first kappa shape index (κ1) is 16.2. The standard InChI is InChI=1S/C18H20BrFO/c1-12(2)9-13-3-5-14(6-4-13)18(21)11-15-10-16(20)7-8-17(15)19/h3-8,10,12,18,21H,9,11H2,1-2H3. The Morgan fingerprint density at radius 2 is 1.71 bits per heavy atom. The van der Waals surface area contributed by atoms with Crippen molar-refractivity contribution < 1.29 is 9.50 Å². The molecule has 0 aromatic heterocycles. The van der Waals surface area contributed by atoms with Crippen LogP contribution in [0.1, 0.15) is 36.6 Å². The fourth-order valence-electron chi connectivity index (χ4n) is 2.37. The van der Waals surface area contributed by atoms with Gasteiger partial charge in [0, 0.05) is 10.9 Å². The lowest BCUT2D eigenvalue weighted by atomic mass is 9.97. The molecule has 3 heteroatoms. The molecule has 0 aliphatic carbocycles. The second-order valence-corrected chi connectivity index (χ2v) is 6.65. The Kier molecular flexibility index (Phi) is 5.54. The molecule has 2 aromatic carbocycles. The summed E-state index contributed by atoms with van der Waals surface area (Å²) < 4.78 is 14.1. The first-order chi connectivity index (χ1) is 9.95. The second-order valence-electron chi connectivity index (χ2n) is 5.80. The molecule has 1 nitrogen and oxygen atoms in total. The van der Waals surface area contributed by atoms with E-state index in [-0.39, 0.29) is 5.82 Å². The van der Waals surface area contributed by atoms with E-state index in [4.69, 9.17) is 0 Å². The summed E-state index contributed by atoms with van der Waals surface area (Å²) in [7, 11) is 0. The quantitative estimate of drug-likeness (QED) is 0.798. The molecule has 1 atom stereocenters. The van der Waals surface area contributed by atoms with Gasteiger partial charge in [0.25, 0.3) is 0 Å². The molecule has 21 heavy (non-hydrogen) atoms. The summed E-state index contributed by atoms with van der Waals surface area (Å²) in [6, 6.07) is 12.5. The Bertz CT molecular complexity index is 593. The van der Waals surface area contributed by atoms with Crippen molar-refractivity contribution in [2.75, 3.05) is 0 Å². The van der Waals surface area contributed by atoms with Gasteiger partial charge in [-0.15, -0.1) is 0 Å². The van der Waals surface area contributed by atoms with Crippen molar-refractivity contribution in [1.29, 1.82) is 0 Å². The van der Waals surface area contributed by atoms with E-state index < -0.39 is 6.10 Å². The van der Waals surface area contributed by atoms with Crippen LogP contribution in [0.15, 0.2) is 46.9 Å². The van der Waals surface area contributed by atoms with E-state index in [1.54, 1.807) is 6.07 Å². The predicted molar refractivity (Wildman–Crippen MR) is 87.7 cm³/mol. The van der Waals surface area contributed by atoms with Gasteiger partial charge in [-0.05, 0) is 47.2 Å². The molecule has 0 heterocycles. The molecular weight excluding hydrogens is 331 g/mol. The highest BCUT2D eigenvalue weighted by atomic mass is 79.9. The first-order valence-electron chi connectivity index (χ1n) is 7.16. The van der Waals surface area contributed by atoms with Crippen LogP contribution >= 0.6 is 15.9 Å². The summed E-state index contributed by atoms with van der Waals surface area (Å²) in [6.07, 6.45) is 0.796. The highest BCUT2D eigenvalue weighted by Crippen LogP contribution is 2.25. The average Bonchev–Trinajstić information content (AvgIpc) is 2.43. The van der Waals surface area contributed by atoms with Crippen LogP contribution in [0, 0.1) is 11.7 Å². The van der Waals surface area contributed by atoms with Gasteiger partial charge in [-0.25, -0.2) is 4.39 Å². The van der Waals surface area contributed by atoms with Crippen LogP contribution in [-0.4, -0.2) is 5.11 Å².